The molecule has 16 heavy (non-hydrogen) atoms. The zero-order chi connectivity index (χ0) is 11.4. The van der Waals surface area contributed by atoms with Crippen LogP contribution >= 0.6 is 0 Å². The van der Waals surface area contributed by atoms with E-state index in [1.165, 1.54) is 19.3 Å². The Morgan fingerprint density at radius 2 is 1.75 bits per heavy atom. The van der Waals surface area contributed by atoms with Gasteiger partial charge >= 0.3 is 0 Å². The molecule has 0 aromatic carbocycles. The van der Waals surface area contributed by atoms with Gasteiger partial charge in [0.1, 0.15) is 0 Å². The number of hydrogen-bond acceptors (Lipinski definition) is 3. The molecule has 0 aliphatic heterocycles. The summed E-state index contributed by atoms with van der Waals surface area (Å²) in [5, 5.41) is 0. The molecular formula is C12H22N2O2. The minimum absolute atomic E-state index is 0.126. The Kier molecular flexibility index (Phi) is 3.82. The normalized spacial score (nSPS) is 25.6. The van der Waals surface area contributed by atoms with Gasteiger partial charge in [-0.15, -0.1) is 0 Å². The lowest BCUT2D eigenvalue weighted by molar-refractivity contribution is -0.145. The Labute approximate surface area is 96.9 Å². The number of hydroxylamine groups is 1. The molecule has 0 unspecified atom stereocenters. The molecule has 3 N–H and O–H groups in total. The molecule has 2 rings (SSSR count). The van der Waals surface area contributed by atoms with Crippen molar-refractivity contribution in [2.75, 3.05) is 0 Å². The average Bonchev–Trinajstić information content (AvgIpc) is 2.79. The van der Waals surface area contributed by atoms with Gasteiger partial charge in [0.05, 0.1) is 11.6 Å². The van der Waals surface area contributed by atoms with Gasteiger partial charge in [0, 0.05) is 0 Å². The first kappa shape index (κ1) is 11.9. The number of nitrogens with two attached hydrogens (primary N) is 1. The fraction of sp³-hybridized carbons (Fsp3) is 0.917. The van der Waals surface area contributed by atoms with E-state index in [0.717, 1.165) is 38.5 Å². The minimum Gasteiger partial charge on any atom is -0.317 e. The van der Waals surface area contributed by atoms with E-state index in [-0.39, 0.29) is 12.0 Å². The molecule has 1 amide bonds. The molecule has 2 aliphatic rings. The molecule has 4 heteroatoms. The van der Waals surface area contributed by atoms with E-state index in [2.05, 4.69) is 5.48 Å². The lowest BCUT2D eigenvalue weighted by atomic mass is 9.82. The topological polar surface area (TPSA) is 64.4 Å². The number of hydrogen-bond donors (Lipinski definition) is 2. The van der Waals surface area contributed by atoms with Crippen LogP contribution in [0.4, 0.5) is 0 Å². The molecule has 0 saturated heterocycles. The molecule has 2 fully saturated rings. The third kappa shape index (κ3) is 2.74. The molecule has 4 nitrogen and oxygen atoms in total. The van der Waals surface area contributed by atoms with Gasteiger partial charge < -0.3 is 5.73 Å². The van der Waals surface area contributed by atoms with Gasteiger partial charge in [0.15, 0.2) is 0 Å². The first-order valence-electron chi connectivity index (χ1n) is 6.46. The lowest BCUT2D eigenvalue weighted by Gasteiger charge is -2.31. The van der Waals surface area contributed by atoms with Crippen LogP contribution in [0, 0.1) is 0 Å². The van der Waals surface area contributed by atoms with Crippen LogP contribution in [-0.2, 0) is 9.63 Å². The van der Waals surface area contributed by atoms with Gasteiger partial charge in [-0.1, -0.05) is 32.1 Å². The van der Waals surface area contributed by atoms with Crippen LogP contribution in [0.25, 0.3) is 0 Å². The van der Waals surface area contributed by atoms with Crippen molar-refractivity contribution < 1.29 is 9.63 Å². The Balaban J connectivity index is 1.77. The van der Waals surface area contributed by atoms with Gasteiger partial charge in [-0.3, -0.25) is 9.63 Å². The second kappa shape index (κ2) is 5.15. The van der Waals surface area contributed by atoms with Crippen LogP contribution in [0.1, 0.15) is 57.8 Å². The highest BCUT2D eigenvalue weighted by Gasteiger charge is 2.35. The van der Waals surface area contributed by atoms with Crippen molar-refractivity contribution in [3.05, 3.63) is 0 Å². The third-order valence-electron chi connectivity index (χ3n) is 3.82. The smallest absolute Gasteiger partial charge is 0.263 e. The lowest BCUT2D eigenvalue weighted by Crippen LogP contribution is -2.55. The van der Waals surface area contributed by atoms with E-state index in [4.69, 9.17) is 10.6 Å². The molecule has 0 aromatic heterocycles. The van der Waals surface area contributed by atoms with Gasteiger partial charge in [0.25, 0.3) is 5.91 Å². The van der Waals surface area contributed by atoms with E-state index in [9.17, 15) is 4.79 Å². The van der Waals surface area contributed by atoms with Crippen molar-refractivity contribution in [2.45, 2.75) is 69.4 Å². The Bertz CT molecular complexity index is 243. The van der Waals surface area contributed by atoms with E-state index < -0.39 is 5.54 Å². The highest BCUT2D eigenvalue weighted by Crippen LogP contribution is 2.26. The molecule has 2 saturated carbocycles. The van der Waals surface area contributed by atoms with E-state index >= 15 is 0 Å². The predicted octanol–water partition coefficient (Wildman–Crippen LogP) is 1.64. The summed E-state index contributed by atoms with van der Waals surface area (Å²) < 4.78 is 0. The van der Waals surface area contributed by atoms with Crippen LogP contribution in [0.15, 0.2) is 0 Å². The van der Waals surface area contributed by atoms with Crippen LogP contribution in [0.3, 0.4) is 0 Å². The summed E-state index contributed by atoms with van der Waals surface area (Å²) in [7, 11) is 0. The number of carbonyl (C=O) groups is 1. The molecule has 92 valence electrons. The van der Waals surface area contributed by atoms with Crippen LogP contribution < -0.4 is 11.2 Å². The van der Waals surface area contributed by atoms with Gasteiger partial charge in [-0.25, -0.2) is 5.48 Å². The monoisotopic (exact) mass is 226 g/mol. The van der Waals surface area contributed by atoms with Gasteiger partial charge in [0.2, 0.25) is 0 Å². The SMILES string of the molecule is NC1(C(=O)NOC2CCCC2)CCCCC1. The molecule has 0 radical (unpaired) electrons. The Morgan fingerprint density at radius 1 is 1.12 bits per heavy atom. The zero-order valence-electron chi connectivity index (χ0n) is 9.84. The van der Waals surface area contributed by atoms with E-state index in [1.807, 2.05) is 0 Å². The second-order valence-electron chi connectivity index (χ2n) is 5.17. The number of amides is 1. The van der Waals surface area contributed by atoms with Crippen LogP contribution in [-0.4, -0.2) is 17.6 Å². The molecule has 2 aliphatic carbocycles. The number of nitrogens with one attached hydrogen (secondary N) is 1. The Morgan fingerprint density at radius 3 is 2.38 bits per heavy atom. The molecule has 0 heterocycles. The largest absolute Gasteiger partial charge is 0.317 e. The molecule has 0 spiro atoms. The third-order valence-corrected chi connectivity index (χ3v) is 3.82. The fourth-order valence-electron chi connectivity index (χ4n) is 2.65. The summed E-state index contributed by atoms with van der Waals surface area (Å²) in [6.45, 7) is 0. The first-order chi connectivity index (χ1) is 7.71. The van der Waals surface area contributed by atoms with Crippen molar-refractivity contribution in [2.24, 2.45) is 5.73 Å². The fourth-order valence-corrected chi connectivity index (χ4v) is 2.65. The van der Waals surface area contributed by atoms with Gasteiger partial charge in [-0.05, 0) is 25.7 Å². The molecule has 0 atom stereocenters. The zero-order valence-corrected chi connectivity index (χ0v) is 9.84. The maximum Gasteiger partial charge on any atom is 0.263 e. The quantitative estimate of drug-likeness (QED) is 0.719. The highest BCUT2D eigenvalue weighted by atomic mass is 16.7. The number of rotatable bonds is 3. The van der Waals surface area contributed by atoms with Crippen LogP contribution in [0.2, 0.25) is 0 Å². The van der Waals surface area contributed by atoms with Gasteiger partial charge in [-0.2, -0.15) is 0 Å². The minimum atomic E-state index is -0.684. The van der Waals surface area contributed by atoms with E-state index in [0.29, 0.717) is 0 Å². The van der Waals surface area contributed by atoms with Crippen molar-refractivity contribution in [3.8, 4) is 0 Å². The predicted molar refractivity (Wildman–Crippen MR) is 61.5 cm³/mol. The standard InChI is InChI=1S/C12H22N2O2/c13-12(8-4-1-5-9-12)11(15)14-16-10-6-2-3-7-10/h10H,1-9,13H2,(H,14,15). The maximum absolute atomic E-state index is 11.9. The first-order valence-corrected chi connectivity index (χ1v) is 6.46. The summed E-state index contributed by atoms with van der Waals surface area (Å²) in [4.78, 5) is 17.3. The maximum atomic E-state index is 11.9. The van der Waals surface area contributed by atoms with Crippen molar-refractivity contribution in [1.29, 1.82) is 0 Å². The summed E-state index contributed by atoms with van der Waals surface area (Å²) in [6, 6.07) is 0. The summed E-state index contributed by atoms with van der Waals surface area (Å²) >= 11 is 0. The highest BCUT2D eigenvalue weighted by molar-refractivity contribution is 5.85. The van der Waals surface area contributed by atoms with Crippen molar-refractivity contribution in [1.82, 2.24) is 5.48 Å². The molecule has 0 bridgehead atoms. The summed E-state index contributed by atoms with van der Waals surface area (Å²) in [6.07, 6.45) is 9.57. The second-order valence-corrected chi connectivity index (χ2v) is 5.17. The van der Waals surface area contributed by atoms with E-state index in [1.54, 1.807) is 0 Å². The number of carbonyl (C=O) groups excluding carboxylic acids is 1. The van der Waals surface area contributed by atoms with Crippen molar-refractivity contribution >= 4 is 5.91 Å². The Hall–Kier alpha value is -0.610. The molecular weight excluding hydrogens is 204 g/mol. The summed E-state index contributed by atoms with van der Waals surface area (Å²) in [5.74, 6) is -0.126. The molecule has 0 aromatic rings. The summed E-state index contributed by atoms with van der Waals surface area (Å²) in [5.41, 5.74) is 7.98. The average molecular weight is 226 g/mol. The van der Waals surface area contributed by atoms with Crippen molar-refractivity contribution in [3.63, 3.8) is 0 Å². The van der Waals surface area contributed by atoms with Crippen LogP contribution in [0.5, 0.6) is 0 Å².